The van der Waals surface area contributed by atoms with Crippen LogP contribution >= 0.6 is 11.3 Å². The fourth-order valence-electron chi connectivity index (χ4n) is 2.40. The molecule has 0 atom stereocenters. The maximum Gasteiger partial charge on any atom is 0.261 e. The molecule has 2 N–H and O–H groups in total. The first-order valence-electron chi connectivity index (χ1n) is 7.60. The monoisotopic (exact) mass is 323 g/mol. The van der Waals surface area contributed by atoms with Gasteiger partial charge in [-0.15, -0.1) is 11.3 Å². The zero-order valence-corrected chi connectivity index (χ0v) is 14.8. The SMILES string of the molecule is CC(C)c1nn(C)c2sc(C(=O)NCC(C)(C)CCO)cc12. The van der Waals surface area contributed by atoms with E-state index < -0.39 is 0 Å². The van der Waals surface area contributed by atoms with E-state index in [0.29, 0.717) is 23.8 Å². The third kappa shape index (κ3) is 3.50. The van der Waals surface area contributed by atoms with Crippen LogP contribution in [0.15, 0.2) is 6.07 Å². The highest BCUT2D eigenvalue weighted by molar-refractivity contribution is 7.20. The number of aliphatic hydroxyl groups is 1. The molecule has 0 saturated carbocycles. The zero-order valence-electron chi connectivity index (χ0n) is 13.9. The summed E-state index contributed by atoms with van der Waals surface area (Å²) < 4.78 is 1.85. The summed E-state index contributed by atoms with van der Waals surface area (Å²) in [5, 5.41) is 17.6. The highest BCUT2D eigenvalue weighted by Crippen LogP contribution is 2.31. The number of rotatable bonds is 6. The molecule has 22 heavy (non-hydrogen) atoms. The van der Waals surface area contributed by atoms with Gasteiger partial charge in [0.1, 0.15) is 4.83 Å². The Kier molecular flexibility index (Phi) is 4.92. The fraction of sp³-hybridized carbons (Fsp3) is 0.625. The van der Waals surface area contributed by atoms with Gasteiger partial charge >= 0.3 is 0 Å². The van der Waals surface area contributed by atoms with Crippen LogP contribution in [0.4, 0.5) is 0 Å². The summed E-state index contributed by atoms with van der Waals surface area (Å²) in [6, 6.07) is 1.94. The molecule has 0 aromatic carbocycles. The first-order chi connectivity index (χ1) is 10.2. The number of thiophene rings is 1. The minimum Gasteiger partial charge on any atom is -0.396 e. The van der Waals surface area contributed by atoms with Crippen LogP contribution < -0.4 is 5.32 Å². The van der Waals surface area contributed by atoms with Crippen LogP contribution in [-0.2, 0) is 7.05 Å². The molecule has 6 heteroatoms. The summed E-state index contributed by atoms with van der Waals surface area (Å²) in [5.74, 6) is 0.277. The Bertz CT molecular complexity index is 670. The van der Waals surface area contributed by atoms with Crippen LogP contribution in [0.3, 0.4) is 0 Å². The number of carbonyl (C=O) groups is 1. The molecule has 2 aromatic rings. The predicted molar refractivity (Wildman–Crippen MR) is 90.5 cm³/mol. The molecule has 1 amide bonds. The second-order valence-electron chi connectivity index (χ2n) is 6.81. The first-order valence-corrected chi connectivity index (χ1v) is 8.42. The van der Waals surface area contributed by atoms with Crippen LogP contribution in [0.2, 0.25) is 0 Å². The lowest BCUT2D eigenvalue weighted by atomic mass is 9.90. The summed E-state index contributed by atoms with van der Waals surface area (Å²) in [4.78, 5) is 14.1. The van der Waals surface area contributed by atoms with E-state index in [2.05, 4.69) is 24.3 Å². The molecule has 5 nitrogen and oxygen atoms in total. The quantitative estimate of drug-likeness (QED) is 0.859. The Morgan fingerprint density at radius 1 is 1.50 bits per heavy atom. The number of fused-ring (bicyclic) bond motifs is 1. The van der Waals surface area contributed by atoms with Gasteiger partial charge in [0, 0.05) is 25.6 Å². The fourth-order valence-corrected chi connectivity index (χ4v) is 3.40. The van der Waals surface area contributed by atoms with Crippen LogP contribution in [0.1, 0.15) is 55.4 Å². The zero-order chi connectivity index (χ0) is 16.5. The van der Waals surface area contributed by atoms with E-state index in [1.54, 1.807) is 0 Å². The molecule has 2 heterocycles. The lowest BCUT2D eigenvalue weighted by Gasteiger charge is -2.23. The molecule has 0 aliphatic carbocycles. The molecule has 0 bridgehead atoms. The number of nitrogens with one attached hydrogen (secondary N) is 1. The Balaban J connectivity index is 2.17. The Morgan fingerprint density at radius 2 is 2.18 bits per heavy atom. The number of aromatic nitrogens is 2. The van der Waals surface area contributed by atoms with Gasteiger partial charge in [-0.2, -0.15) is 5.10 Å². The van der Waals surface area contributed by atoms with Crippen LogP contribution in [-0.4, -0.2) is 33.9 Å². The molecule has 0 aliphatic rings. The second kappa shape index (κ2) is 6.38. The maximum absolute atomic E-state index is 12.4. The van der Waals surface area contributed by atoms with Gasteiger partial charge in [0.2, 0.25) is 0 Å². The average molecular weight is 323 g/mol. The van der Waals surface area contributed by atoms with Crippen molar-refractivity contribution in [1.29, 1.82) is 0 Å². The normalized spacial score (nSPS) is 12.3. The summed E-state index contributed by atoms with van der Waals surface area (Å²) >= 11 is 1.47. The smallest absolute Gasteiger partial charge is 0.261 e. The topological polar surface area (TPSA) is 67.2 Å². The molecule has 0 radical (unpaired) electrons. The van der Waals surface area contributed by atoms with Crippen molar-refractivity contribution in [1.82, 2.24) is 15.1 Å². The van der Waals surface area contributed by atoms with Crippen molar-refractivity contribution in [3.05, 3.63) is 16.6 Å². The van der Waals surface area contributed by atoms with Crippen molar-refractivity contribution in [2.75, 3.05) is 13.2 Å². The number of aliphatic hydroxyl groups excluding tert-OH is 1. The van der Waals surface area contributed by atoms with E-state index in [1.165, 1.54) is 11.3 Å². The number of aryl methyl sites for hydroxylation is 1. The van der Waals surface area contributed by atoms with Gasteiger partial charge in [0.05, 0.1) is 10.6 Å². The second-order valence-corrected chi connectivity index (χ2v) is 7.84. The van der Waals surface area contributed by atoms with Crippen molar-refractivity contribution in [2.45, 2.75) is 40.0 Å². The van der Waals surface area contributed by atoms with E-state index in [1.807, 2.05) is 31.6 Å². The van der Waals surface area contributed by atoms with Crippen molar-refractivity contribution in [3.8, 4) is 0 Å². The van der Waals surface area contributed by atoms with E-state index in [0.717, 1.165) is 15.9 Å². The molecule has 2 aromatic heterocycles. The molecule has 0 unspecified atom stereocenters. The van der Waals surface area contributed by atoms with Crippen LogP contribution in [0.25, 0.3) is 10.2 Å². The minimum absolute atomic E-state index is 0.0538. The molecule has 0 fully saturated rings. The van der Waals surface area contributed by atoms with E-state index >= 15 is 0 Å². The standard InChI is InChI=1S/C16H25N3O2S/c1-10(2)13-11-8-12(22-15(11)19(5)18-13)14(21)17-9-16(3,4)6-7-20/h8,10,20H,6-7,9H2,1-5H3,(H,17,21). The molecular formula is C16H25N3O2S. The number of hydrogen-bond acceptors (Lipinski definition) is 4. The number of nitrogens with zero attached hydrogens (tertiary/aromatic N) is 2. The van der Waals surface area contributed by atoms with E-state index in [-0.39, 0.29) is 17.9 Å². The van der Waals surface area contributed by atoms with Crippen molar-refractivity contribution >= 4 is 27.5 Å². The highest BCUT2D eigenvalue weighted by Gasteiger charge is 2.21. The number of hydrogen-bond donors (Lipinski definition) is 2. The highest BCUT2D eigenvalue weighted by atomic mass is 32.1. The largest absolute Gasteiger partial charge is 0.396 e. The van der Waals surface area contributed by atoms with Gasteiger partial charge in [-0.05, 0) is 23.8 Å². The van der Waals surface area contributed by atoms with E-state index in [4.69, 9.17) is 5.11 Å². The summed E-state index contributed by atoms with van der Waals surface area (Å²) in [5.41, 5.74) is 0.930. The Labute approximate surface area is 135 Å². The van der Waals surface area contributed by atoms with Gasteiger partial charge < -0.3 is 10.4 Å². The lowest BCUT2D eigenvalue weighted by molar-refractivity contribution is 0.0932. The molecule has 122 valence electrons. The molecule has 2 rings (SSSR count). The molecule has 0 saturated heterocycles. The predicted octanol–water partition coefficient (Wildman–Crippen LogP) is 2.90. The van der Waals surface area contributed by atoms with Crippen molar-refractivity contribution in [2.24, 2.45) is 12.5 Å². The summed E-state index contributed by atoms with van der Waals surface area (Å²) in [7, 11) is 1.91. The van der Waals surface area contributed by atoms with Gasteiger partial charge in [0.25, 0.3) is 5.91 Å². The first kappa shape index (κ1) is 17.0. The third-order valence-electron chi connectivity index (χ3n) is 3.83. The molecule has 0 spiro atoms. The molecule has 0 aliphatic heterocycles. The van der Waals surface area contributed by atoms with Crippen LogP contribution in [0, 0.1) is 5.41 Å². The minimum atomic E-state index is -0.105. The summed E-state index contributed by atoms with van der Waals surface area (Å²) in [6.07, 6.45) is 0.668. The van der Waals surface area contributed by atoms with Crippen LogP contribution in [0.5, 0.6) is 0 Å². The summed E-state index contributed by atoms with van der Waals surface area (Å²) in [6.45, 7) is 8.97. The van der Waals surface area contributed by atoms with Crippen molar-refractivity contribution < 1.29 is 9.90 Å². The lowest BCUT2D eigenvalue weighted by Crippen LogP contribution is -2.34. The Hall–Kier alpha value is -1.40. The molecular weight excluding hydrogens is 298 g/mol. The Morgan fingerprint density at radius 3 is 2.77 bits per heavy atom. The van der Waals surface area contributed by atoms with Gasteiger partial charge in [-0.3, -0.25) is 9.48 Å². The van der Waals surface area contributed by atoms with Crippen molar-refractivity contribution in [3.63, 3.8) is 0 Å². The maximum atomic E-state index is 12.4. The van der Waals surface area contributed by atoms with Gasteiger partial charge in [-0.1, -0.05) is 27.7 Å². The average Bonchev–Trinajstić information content (AvgIpc) is 2.97. The number of carbonyl (C=O) groups excluding carboxylic acids is 1. The third-order valence-corrected chi connectivity index (χ3v) is 5.03. The number of amides is 1. The van der Waals surface area contributed by atoms with Gasteiger partial charge in [-0.25, -0.2) is 0 Å². The van der Waals surface area contributed by atoms with E-state index in [9.17, 15) is 4.79 Å². The van der Waals surface area contributed by atoms with Gasteiger partial charge in [0.15, 0.2) is 0 Å².